The number of carbonyl (C=O) groups is 2. The Balaban J connectivity index is 1.29. The maximum Gasteiger partial charge on any atom is 0.315 e. The molecule has 4 rings (SSSR count). The van der Waals surface area contributed by atoms with Gasteiger partial charge in [0.25, 0.3) is 0 Å². The number of amides is 3. The summed E-state index contributed by atoms with van der Waals surface area (Å²) in [5.74, 6) is 1.41. The SMILES string of the molecule is O=C(NC1CCN(C(=O)C2CC2)CC1)NC1CCOc2ccc(Br)cc21. The lowest BCUT2D eigenvalue weighted by Gasteiger charge is -2.33. The molecule has 0 bridgehead atoms. The van der Waals surface area contributed by atoms with Crippen LogP contribution >= 0.6 is 15.9 Å². The molecule has 1 aromatic rings. The molecular formula is C19H24BrN3O3. The van der Waals surface area contributed by atoms with Gasteiger partial charge in [-0.15, -0.1) is 0 Å². The summed E-state index contributed by atoms with van der Waals surface area (Å²) >= 11 is 3.48. The molecular weight excluding hydrogens is 398 g/mol. The third kappa shape index (κ3) is 3.98. The molecule has 3 aliphatic rings. The van der Waals surface area contributed by atoms with Crippen LogP contribution in [0.25, 0.3) is 0 Å². The zero-order chi connectivity index (χ0) is 18.1. The maximum atomic E-state index is 12.5. The van der Waals surface area contributed by atoms with Crippen molar-refractivity contribution >= 4 is 27.9 Å². The lowest BCUT2D eigenvalue weighted by atomic mass is 10.0. The third-order valence-electron chi connectivity index (χ3n) is 5.39. The van der Waals surface area contributed by atoms with Gasteiger partial charge in [-0.3, -0.25) is 4.79 Å². The first kappa shape index (κ1) is 17.6. The first-order valence-corrected chi connectivity index (χ1v) is 10.2. The minimum absolute atomic E-state index is 0.0483. The molecule has 0 radical (unpaired) electrons. The van der Waals surface area contributed by atoms with Gasteiger partial charge in [0.2, 0.25) is 5.91 Å². The van der Waals surface area contributed by atoms with E-state index < -0.39 is 0 Å². The number of rotatable bonds is 3. The van der Waals surface area contributed by atoms with Crippen LogP contribution in [-0.4, -0.2) is 42.6 Å². The molecule has 0 aromatic heterocycles. The van der Waals surface area contributed by atoms with Crippen molar-refractivity contribution in [1.82, 2.24) is 15.5 Å². The van der Waals surface area contributed by atoms with Crippen LogP contribution in [0.1, 0.15) is 43.7 Å². The van der Waals surface area contributed by atoms with E-state index in [0.29, 0.717) is 12.5 Å². The van der Waals surface area contributed by atoms with Crippen LogP contribution in [0.2, 0.25) is 0 Å². The topological polar surface area (TPSA) is 70.7 Å². The van der Waals surface area contributed by atoms with E-state index in [1.165, 1.54) is 0 Å². The molecule has 1 saturated heterocycles. The van der Waals surface area contributed by atoms with Crippen LogP contribution in [0.5, 0.6) is 5.75 Å². The van der Waals surface area contributed by atoms with Crippen molar-refractivity contribution in [3.63, 3.8) is 0 Å². The Labute approximate surface area is 161 Å². The van der Waals surface area contributed by atoms with Crippen LogP contribution in [0.15, 0.2) is 22.7 Å². The van der Waals surface area contributed by atoms with Crippen molar-refractivity contribution in [3.05, 3.63) is 28.2 Å². The smallest absolute Gasteiger partial charge is 0.315 e. The quantitative estimate of drug-likeness (QED) is 0.787. The minimum Gasteiger partial charge on any atom is -0.493 e. The van der Waals surface area contributed by atoms with Crippen LogP contribution in [0.3, 0.4) is 0 Å². The molecule has 2 aliphatic heterocycles. The number of ether oxygens (including phenoxy) is 1. The normalized spacial score (nSPS) is 23.0. The number of urea groups is 1. The fraction of sp³-hybridized carbons (Fsp3) is 0.579. The molecule has 26 heavy (non-hydrogen) atoms. The number of fused-ring (bicyclic) bond motifs is 1. The molecule has 1 saturated carbocycles. The molecule has 2 heterocycles. The highest BCUT2D eigenvalue weighted by Crippen LogP contribution is 2.34. The van der Waals surface area contributed by atoms with Crippen LogP contribution in [0.4, 0.5) is 4.79 Å². The Morgan fingerprint density at radius 3 is 2.58 bits per heavy atom. The highest BCUT2D eigenvalue weighted by atomic mass is 79.9. The van der Waals surface area contributed by atoms with E-state index in [2.05, 4.69) is 26.6 Å². The molecule has 2 fully saturated rings. The zero-order valence-electron chi connectivity index (χ0n) is 14.7. The molecule has 0 spiro atoms. The number of benzene rings is 1. The van der Waals surface area contributed by atoms with Crippen LogP contribution in [-0.2, 0) is 4.79 Å². The van der Waals surface area contributed by atoms with Gasteiger partial charge in [0.1, 0.15) is 5.75 Å². The second-order valence-electron chi connectivity index (χ2n) is 7.36. The first-order chi connectivity index (χ1) is 12.6. The number of piperidine rings is 1. The lowest BCUT2D eigenvalue weighted by molar-refractivity contribution is -0.133. The van der Waals surface area contributed by atoms with Crippen LogP contribution in [0, 0.1) is 5.92 Å². The maximum absolute atomic E-state index is 12.5. The molecule has 6 nitrogen and oxygen atoms in total. The number of likely N-dealkylation sites (tertiary alicyclic amines) is 1. The zero-order valence-corrected chi connectivity index (χ0v) is 16.3. The van der Waals surface area contributed by atoms with Crippen molar-refractivity contribution in [1.29, 1.82) is 0 Å². The second kappa shape index (κ2) is 7.47. The number of carbonyl (C=O) groups excluding carboxylic acids is 2. The van der Waals surface area contributed by atoms with Gasteiger partial charge in [0.15, 0.2) is 0 Å². The summed E-state index contributed by atoms with van der Waals surface area (Å²) in [6.07, 6.45) is 4.49. The van der Waals surface area contributed by atoms with Gasteiger partial charge >= 0.3 is 6.03 Å². The number of hydrogen-bond acceptors (Lipinski definition) is 3. The summed E-state index contributed by atoms with van der Waals surface area (Å²) in [6.45, 7) is 2.09. The summed E-state index contributed by atoms with van der Waals surface area (Å²) in [4.78, 5) is 26.5. The Kier molecular flexibility index (Phi) is 5.07. The van der Waals surface area contributed by atoms with Crippen molar-refractivity contribution < 1.29 is 14.3 Å². The number of nitrogens with one attached hydrogen (secondary N) is 2. The number of nitrogens with zero attached hydrogens (tertiary/aromatic N) is 1. The molecule has 2 N–H and O–H groups in total. The summed E-state index contributed by atoms with van der Waals surface area (Å²) in [6, 6.07) is 5.81. The molecule has 1 aliphatic carbocycles. The fourth-order valence-electron chi connectivity index (χ4n) is 3.73. The highest BCUT2D eigenvalue weighted by molar-refractivity contribution is 9.10. The molecule has 1 atom stereocenters. The average Bonchev–Trinajstić information content (AvgIpc) is 3.47. The van der Waals surface area contributed by atoms with Gasteiger partial charge in [0.05, 0.1) is 12.6 Å². The van der Waals surface area contributed by atoms with Gasteiger partial charge in [-0.1, -0.05) is 15.9 Å². The summed E-state index contributed by atoms with van der Waals surface area (Å²) in [5, 5.41) is 6.16. The Morgan fingerprint density at radius 1 is 1.08 bits per heavy atom. The van der Waals surface area contributed by atoms with E-state index in [1.54, 1.807) is 0 Å². The van der Waals surface area contributed by atoms with E-state index >= 15 is 0 Å². The number of halogens is 1. The molecule has 3 amide bonds. The van der Waals surface area contributed by atoms with E-state index in [0.717, 1.165) is 61.0 Å². The molecule has 1 unspecified atom stereocenters. The standard InChI is InChI=1S/C19H24BrN3O3/c20-13-3-4-17-15(11-13)16(7-10-26-17)22-19(25)21-14-5-8-23(9-6-14)18(24)12-1-2-12/h3-4,11-12,14,16H,1-2,5-10H2,(H2,21,22,25). The largest absolute Gasteiger partial charge is 0.493 e. The predicted molar refractivity (Wildman–Crippen MR) is 101 cm³/mol. The number of hydrogen-bond donors (Lipinski definition) is 2. The Bertz CT molecular complexity index is 699. The first-order valence-electron chi connectivity index (χ1n) is 9.38. The summed E-state index contributed by atoms with van der Waals surface area (Å²) < 4.78 is 6.64. The predicted octanol–water partition coefficient (Wildman–Crippen LogP) is 2.97. The van der Waals surface area contributed by atoms with Crippen molar-refractivity contribution in [2.24, 2.45) is 5.92 Å². The highest BCUT2D eigenvalue weighted by Gasteiger charge is 2.35. The average molecular weight is 422 g/mol. The van der Waals surface area contributed by atoms with Crippen molar-refractivity contribution in [2.75, 3.05) is 19.7 Å². The van der Waals surface area contributed by atoms with E-state index in [1.807, 2.05) is 23.1 Å². The van der Waals surface area contributed by atoms with E-state index in [4.69, 9.17) is 4.74 Å². The van der Waals surface area contributed by atoms with Gasteiger partial charge < -0.3 is 20.3 Å². The van der Waals surface area contributed by atoms with Crippen molar-refractivity contribution in [3.8, 4) is 5.75 Å². The van der Waals surface area contributed by atoms with Gasteiger partial charge in [-0.25, -0.2) is 4.79 Å². The van der Waals surface area contributed by atoms with E-state index in [9.17, 15) is 9.59 Å². The molecule has 140 valence electrons. The minimum atomic E-state index is -0.144. The van der Waals surface area contributed by atoms with Gasteiger partial charge in [-0.2, -0.15) is 0 Å². The fourth-order valence-corrected chi connectivity index (χ4v) is 4.11. The summed E-state index contributed by atoms with van der Waals surface area (Å²) in [7, 11) is 0. The Hall–Kier alpha value is -1.76. The van der Waals surface area contributed by atoms with Gasteiger partial charge in [-0.05, 0) is 43.9 Å². The third-order valence-corrected chi connectivity index (χ3v) is 5.88. The molecule has 7 heteroatoms. The molecule has 1 aromatic carbocycles. The monoisotopic (exact) mass is 421 g/mol. The Morgan fingerprint density at radius 2 is 1.85 bits per heavy atom. The van der Waals surface area contributed by atoms with E-state index in [-0.39, 0.29) is 24.0 Å². The summed E-state index contributed by atoms with van der Waals surface area (Å²) in [5.41, 5.74) is 1.01. The van der Waals surface area contributed by atoms with Crippen molar-refractivity contribution in [2.45, 2.75) is 44.2 Å². The second-order valence-corrected chi connectivity index (χ2v) is 8.28. The van der Waals surface area contributed by atoms with Crippen LogP contribution < -0.4 is 15.4 Å². The lowest BCUT2D eigenvalue weighted by Crippen LogP contribution is -2.50. The van der Waals surface area contributed by atoms with Gasteiger partial charge in [0, 0.05) is 41.5 Å².